The Hall–Kier alpha value is -2.13. The van der Waals surface area contributed by atoms with Gasteiger partial charge in [-0.05, 0) is 30.5 Å². The highest BCUT2D eigenvalue weighted by molar-refractivity contribution is 6.29. The van der Waals surface area contributed by atoms with Gasteiger partial charge in [0.2, 0.25) is 0 Å². The number of nitrogens with zero attached hydrogens (tertiary/aromatic N) is 3. The van der Waals surface area contributed by atoms with Crippen LogP contribution in [-0.2, 0) is 6.54 Å². The molecule has 3 nitrogen and oxygen atoms in total. The molecule has 3 aromatic rings. The summed E-state index contributed by atoms with van der Waals surface area (Å²) in [6.45, 7) is 3.76. The van der Waals surface area contributed by atoms with Gasteiger partial charge in [-0.2, -0.15) is 5.10 Å². The summed E-state index contributed by atoms with van der Waals surface area (Å²) in [5, 5.41) is 11.0. The molecule has 21 heavy (non-hydrogen) atoms. The summed E-state index contributed by atoms with van der Waals surface area (Å²) < 4.78 is 0. The molecule has 0 aliphatic carbocycles. The van der Waals surface area contributed by atoms with E-state index in [2.05, 4.69) is 64.5 Å². The van der Waals surface area contributed by atoms with Gasteiger partial charge in [0.05, 0.1) is 12.2 Å². The number of fused-ring (bicyclic) bond motifs is 1. The van der Waals surface area contributed by atoms with Gasteiger partial charge in [-0.3, -0.25) is 0 Å². The first-order valence-corrected chi connectivity index (χ1v) is 7.36. The molecule has 0 unspecified atom stereocenters. The summed E-state index contributed by atoms with van der Waals surface area (Å²) in [4.78, 5) is 2.29. The zero-order chi connectivity index (χ0) is 14.7. The third-order valence-electron chi connectivity index (χ3n) is 3.53. The van der Waals surface area contributed by atoms with E-state index in [1.165, 1.54) is 16.5 Å². The highest BCUT2D eigenvalue weighted by Crippen LogP contribution is 2.27. The molecule has 0 saturated carbocycles. The molecular formula is C17H16ClN3. The van der Waals surface area contributed by atoms with Crippen molar-refractivity contribution in [3.63, 3.8) is 0 Å². The lowest BCUT2D eigenvalue weighted by atomic mass is 10.1. The van der Waals surface area contributed by atoms with E-state index < -0.39 is 0 Å². The van der Waals surface area contributed by atoms with Crippen molar-refractivity contribution < 1.29 is 0 Å². The summed E-state index contributed by atoms with van der Waals surface area (Å²) in [5.41, 5.74) is 2.13. The van der Waals surface area contributed by atoms with Crippen molar-refractivity contribution in [1.29, 1.82) is 0 Å². The molecule has 0 N–H and O–H groups in total. The van der Waals surface area contributed by atoms with E-state index in [4.69, 9.17) is 11.6 Å². The van der Waals surface area contributed by atoms with Crippen LogP contribution in [0.2, 0.25) is 5.15 Å². The largest absolute Gasteiger partial charge is 0.365 e. The van der Waals surface area contributed by atoms with E-state index in [-0.39, 0.29) is 0 Å². The maximum absolute atomic E-state index is 5.79. The number of hydrogen-bond donors (Lipinski definition) is 0. The molecule has 0 radical (unpaired) electrons. The van der Waals surface area contributed by atoms with Crippen LogP contribution in [0.4, 0.5) is 5.69 Å². The Kier molecular flexibility index (Phi) is 4.02. The Morgan fingerprint density at radius 1 is 0.952 bits per heavy atom. The SMILES string of the molecule is CCN(Cc1ccc(Cl)nn1)c1cccc2ccccc12. The van der Waals surface area contributed by atoms with Crippen molar-refractivity contribution in [3.8, 4) is 0 Å². The van der Waals surface area contributed by atoms with Crippen LogP contribution < -0.4 is 4.90 Å². The maximum Gasteiger partial charge on any atom is 0.151 e. The number of aromatic nitrogens is 2. The van der Waals surface area contributed by atoms with Crippen LogP contribution in [0, 0.1) is 0 Å². The van der Waals surface area contributed by atoms with Crippen LogP contribution in [0.5, 0.6) is 0 Å². The number of halogens is 1. The normalized spacial score (nSPS) is 10.8. The first-order valence-electron chi connectivity index (χ1n) is 6.98. The number of anilines is 1. The molecule has 0 amide bonds. The second-order valence-corrected chi connectivity index (χ2v) is 5.25. The van der Waals surface area contributed by atoms with E-state index in [1.807, 2.05) is 6.07 Å². The van der Waals surface area contributed by atoms with Crippen molar-refractivity contribution >= 4 is 28.1 Å². The predicted octanol–water partition coefficient (Wildman–Crippen LogP) is 4.31. The van der Waals surface area contributed by atoms with Crippen molar-refractivity contribution in [2.24, 2.45) is 0 Å². The van der Waals surface area contributed by atoms with Crippen LogP contribution >= 0.6 is 11.6 Å². The third kappa shape index (κ3) is 2.98. The van der Waals surface area contributed by atoms with Crippen molar-refractivity contribution in [2.45, 2.75) is 13.5 Å². The lowest BCUT2D eigenvalue weighted by Gasteiger charge is -2.24. The van der Waals surface area contributed by atoms with Gasteiger partial charge in [-0.1, -0.05) is 48.0 Å². The number of hydrogen-bond acceptors (Lipinski definition) is 3. The van der Waals surface area contributed by atoms with Crippen LogP contribution in [0.15, 0.2) is 54.6 Å². The van der Waals surface area contributed by atoms with Gasteiger partial charge in [-0.15, -0.1) is 5.10 Å². The van der Waals surface area contributed by atoms with Crippen LogP contribution in [0.1, 0.15) is 12.6 Å². The monoisotopic (exact) mass is 297 g/mol. The van der Waals surface area contributed by atoms with Gasteiger partial charge in [0.15, 0.2) is 5.15 Å². The Morgan fingerprint density at radius 3 is 2.52 bits per heavy atom. The minimum absolute atomic E-state index is 0.423. The molecule has 0 fully saturated rings. The molecule has 106 valence electrons. The molecule has 1 aromatic heterocycles. The Morgan fingerprint density at radius 2 is 1.76 bits per heavy atom. The highest BCUT2D eigenvalue weighted by Gasteiger charge is 2.10. The Bertz CT molecular complexity index is 735. The zero-order valence-electron chi connectivity index (χ0n) is 11.8. The molecule has 2 aromatic carbocycles. The molecule has 0 atom stereocenters. The van der Waals surface area contributed by atoms with Gasteiger partial charge >= 0.3 is 0 Å². The van der Waals surface area contributed by atoms with Crippen LogP contribution in [-0.4, -0.2) is 16.7 Å². The van der Waals surface area contributed by atoms with Gasteiger partial charge in [0.1, 0.15) is 0 Å². The van der Waals surface area contributed by atoms with Crippen molar-refractivity contribution in [1.82, 2.24) is 10.2 Å². The molecule has 0 aliphatic heterocycles. The number of rotatable bonds is 4. The fraction of sp³-hybridized carbons (Fsp3) is 0.176. The van der Waals surface area contributed by atoms with E-state index >= 15 is 0 Å². The Labute approximate surface area is 129 Å². The Balaban J connectivity index is 1.96. The van der Waals surface area contributed by atoms with E-state index in [0.717, 1.165) is 12.2 Å². The van der Waals surface area contributed by atoms with E-state index in [1.54, 1.807) is 6.07 Å². The van der Waals surface area contributed by atoms with E-state index in [9.17, 15) is 0 Å². The smallest absolute Gasteiger partial charge is 0.151 e. The zero-order valence-corrected chi connectivity index (χ0v) is 12.6. The van der Waals surface area contributed by atoms with Crippen LogP contribution in [0.3, 0.4) is 0 Å². The van der Waals surface area contributed by atoms with E-state index in [0.29, 0.717) is 11.7 Å². The molecule has 4 heteroatoms. The van der Waals surface area contributed by atoms with Crippen LogP contribution in [0.25, 0.3) is 10.8 Å². The van der Waals surface area contributed by atoms with Gasteiger partial charge in [-0.25, -0.2) is 0 Å². The average Bonchev–Trinajstić information content (AvgIpc) is 2.54. The second-order valence-electron chi connectivity index (χ2n) is 4.86. The fourth-order valence-corrected chi connectivity index (χ4v) is 2.58. The summed E-state index contributed by atoms with van der Waals surface area (Å²) in [7, 11) is 0. The third-order valence-corrected chi connectivity index (χ3v) is 3.73. The second kappa shape index (κ2) is 6.10. The molecular weight excluding hydrogens is 282 g/mol. The molecule has 0 saturated heterocycles. The first-order chi connectivity index (χ1) is 10.3. The minimum Gasteiger partial charge on any atom is -0.365 e. The van der Waals surface area contributed by atoms with Gasteiger partial charge < -0.3 is 4.90 Å². The molecule has 1 heterocycles. The minimum atomic E-state index is 0.423. The maximum atomic E-state index is 5.79. The summed E-state index contributed by atoms with van der Waals surface area (Å²) in [5.74, 6) is 0. The molecule has 3 rings (SSSR count). The lowest BCUT2D eigenvalue weighted by Crippen LogP contribution is -2.23. The standard InChI is InChI=1S/C17H16ClN3/c1-2-21(12-14-10-11-17(18)20-19-14)16-9-5-7-13-6-3-4-8-15(13)16/h3-11H,2,12H2,1H3. The highest BCUT2D eigenvalue weighted by atomic mass is 35.5. The predicted molar refractivity (Wildman–Crippen MR) is 87.7 cm³/mol. The fourth-order valence-electron chi connectivity index (χ4n) is 2.47. The number of benzene rings is 2. The first kappa shape index (κ1) is 13.8. The average molecular weight is 298 g/mol. The molecule has 0 bridgehead atoms. The summed E-state index contributed by atoms with van der Waals surface area (Å²) in [6.07, 6.45) is 0. The topological polar surface area (TPSA) is 29.0 Å². The van der Waals surface area contributed by atoms with Gasteiger partial charge in [0, 0.05) is 17.6 Å². The van der Waals surface area contributed by atoms with Crippen molar-refractivity contribution in [2.75, 3.05) is 11.4 Å². The molecule has 0 aliphatic rings. The van der Waals surface area contributed by atoms with Gasteiger partial charge in [0.25, 0.3) is 0 Å². The quantitative estimate of drug-likeness (QED) is 0.718. The van der Waals surface area contributed by atoms with Crippen molar-refractivity contribution in [3.05, 3.63) is 65.4 Å². The lowest BCUT2D eigenvalue weighted by molar-refractivity contribution is 0.790. The molecule has 0 spiro atoms. The summed E-state index contributed by atoms with van der Waals surface area (Å²) >= 11 is 5.79. The summed E-state index contributed by atoms with van der Waals surface area (Å²) in [6, 6.07) is 18.5.